The Hall–Kier alpha value is -4.27. The van der Waals surface area contributed by atoms with Gasteiger partial charge in [0.1, 0.15) is 5.76 Å². The van der Waals surface area contributed by atoms with Crippen molar-refractivity contribution in [1.29, 1.82) is 0 Å². The number of aryl methyl sites for hydroxylation is 1. The van der Waals surface area contributed by atoms with Gasteiger partial charge in [-0.25, -0.2) is 5.43 Å². The maximum Gasteiger partial charge on any atom is 0.294 e. The number of carbonyl (C=O) groups is 2. The molecular formula is C25H24N4O5. The average molecular weight is 460 g/mol. The van der Waals surface area contributed by atoms with Gasteiger partial charge in [0, 0.05) is 42.4 Å². The predicted molar refractivity (Wildman–Crippen MR) is 127 cm³/mol. The largest absolute Gasteiger partial charge is 0.455 e. The first-order valence-electron chi connectivity index (χ1n) is 10.9. The highest BCUT2D eigenvalue weighted by Gasteiger charge is 2.29. The van der Waals surface area contributed by atoms with Crippen molar-refractivity contribution in [3.8, 4) is 0 Å². The van der Waals surface area contributed by atoms with E-state index in [9.17, 15) is 19.7 Å². The SMILES string of the molecule is Cc1c(C(=O)N(C)c2ccccc2)oc2c1/C(=N/NC(=O)Cc1ccc([N+](=O)[O-])cc1)CCC2. The molecule has 0 bridgehead atoms. The summed E-state index contributed by atoms with van der Waals surface area (Å²) in [4.78, 5) is 37.3. The van der Waals surface area contributed by atoms with Crippen molar-refractivity contribution in [3.63, 3.8) is 0 Å². The van der Waals surface area contributed by atoms with E-state index < -0.39 is 4.92 Å². The number of furan rings is 1. The third-order valence-electron chi connectivity index (χ3n) is 5.80. The van der Waals surface area contributed by atoms with Gasteiger partial charge < -0.3 is 9.32 Å². The summed E-state index contributed by atoms with van der Waals surface area (Å²) in [5.41, 5.74) is 6.08. The van der Waals surface area contributed by atoms with Crippen molar-refractivity contribution in [2.45, 2.75) is 32.6 Å². The summed E-state index contributed by atoms with van der Waals surface area (Å²) < 4.78 is 5.96. The normalized spacial score (nSPS) is 13.9. The van der Waals surface area contributed by atoms with E-state index in [2.05, 4.69) is 10.5 Å². The number of hydrogen-bond donors (Lipinski definition) is 1. The lowest BCUT2D eigenvalue weighted by Gasteiger charge is -2.16. The molecule has 0 saturated heterocycles. The molecule has 2 aromatic carbocycles. The number of benzene rings is 2. The van der Waals surface area contributed by atoms with E-state index in [-0.39, 0.29) is 29.7 Å². The summed E-state index contributed by atoms with van der Waals surface area (Å²) in [6.45, 7) is 1.83. The Morgan fingerprint density at radius 1 is 1.12 bits per heavy atom. The number of rotatable bonds is 6. The second-order valence-corrected chi connectivity index (χ2v) is 8.10. The number of hydrazone groups is 1. The quantitative estimate of drug-likeness (QED) is 0.437. The van der Waals surface area contributed by atoms with Crippen LogP contribution in [0, 0.1) is 17.0 Å². The van der Waals surface area contributed by atoms with Crippen LogP contribution in [0.1, 0.15) is 45.8 Å². The van der Waals surface area contributed by atoms with Gasteiger partial charge in [0.05, 0.1) is 17.1 Å². The van der Waals surface area contributed by atoms with E-state index in [1.54, 1.807) is 24.1 Å². The molecule has 34 heavy (non-hydrogen) atoms. The Labute approximate surface area is 196 Å². The maximum absolute atomic E-state index is 13.1. The van der Waals surface area contributed by atoms with Crippen LogP contribution in [0.4, 0.5) is 11.4 Å². The summed E-state index contributed by atoms with van der Waals surface area (Å²) in [6, 6.07) is 15.1. The van der Waals surface area contributed by atoms with E-state index in [4.69, 9.17) is 4.42 Å². The van der Waals surface area contributed by atoms with Crippen LogP contribution >= 0.6 is 0 Å². The van der Waals surface area contributed by atoms with E-state index in [1.807, 2.05) is 37.3 Å². The number of nitrogens with zero attached hydrogens (tertiary/aromatic N) is 3. The fraction of sp³-hybridized carbons (Fsp3) is 0.240. The van der Waals surface area contributed by atoms with E-state index >= 15 is 0 Å². The zero-order valence-corrected chi connectivity index (χ0v) is 18.9. The van der Waals surface area contributed by atoms with Crippen LogP contribution in [0.3, 0.4) is 0 Å². The smallest absolute Gasteiger partial charge is 0.294 e. The Balaban J connectivity index is 1.50. The van der Waals surface area contributed by atoms with Crippen LogP contribution in [0.5, 0.6) is 0 Å². The molecule has 9 heteroatoms. The van der Waals surface area contributed by atoms with Crippen molar-refractivity contribution in [2.24, 2.45) is 5.10 Å². The molecule has 9 nitrogen and oxygen atoms in total. The molecule has 0 fully saturated rings. The van der Waals surface area contributed by atoms with Crippen molar-refractivity contribution >= 4 is 28.9 Å². The van der Waals surface area contributed by atoms with Crippen LogP contribution in [-0.4, -0.2) is 29.5 Å². The van der Waals surface area contributed by atoms with E-state index in [0.717, 1.165) is 17.7 Å². The first-order chi connectivity index (χ1) is 16.3. The number of nitro benzene ring substituents is 1. The molecule has 3 aromatic rings. The van der Waals surface area contributed by atoms with Gasteiger partial charge in [-0.05, 0) is 37.5 Å². The maximum atomic E-state index is 13.1. The number of fused-ring (bicyclic) bond motifs is 1. The molecule has 0 aliphatic heterocycles. The lowest BCUT2D eigenvalue weighted by molar-refractivity contribution is -0.384. The van der Waals surface area contributed by atoms with Crippen LogP contribution in [-0.2, 0) is 17.6 Å². The molecule has 4 rings (SSSR count). The summed E-state index contributed by atoms with van der Waals surface area (Å²) in [5, 5.41) is 15.1. The summed E-state index contributed by atoms with van der Waals surface area (Å²) >= 11 is 0. The predicted octanol–water partition coefficient (Wildman–Crippen LogP) is 4.17. The molecule has 0 atom stereocenters. The third kappa shape index (κ3) is 4.73. The Kier molecular flexibility index (Phi) is 6.53. The average Bonchev–Trinajstić information content (AvgIpc) is 3.19. The molecular weight excluding hydrogens is 436 g/mol. The standard InChI is InChI=1S/C25H24N4O5/c1-16-23-20(26-27-22(30)15-17-11-13-19(14-12-17)29(32)33)9-6-10-21(23)34-24(16)25(31)28(2)18-7-4-3-5-8-18/h3-5,7-8,11-14H,6,9-10,15H2,1-2H3,(H,27,30)/b26-20+. The van der Waals surface area contributed by atoms with Crippen LogP contribution in [0.25, 0.3) is 0 Å². The highest BCUT2D eigenvalue weighted by atomic mass is 16.6. The van der Waals surface area contributed by atoms with Crippen molar-refractivity contribution in [1.82, 2.24) is 5.43 Å². The number of non-ortho nitro benzene ring substituents is 1. The molecule has 2 amide bonds. The number of amides is 2. The minimum atomic E-state index is -0.486. The Morgan fingerprint density at radius 3 is 2.50 bits per heavy atom. The second kappa shape index (κ2) is 9.70. The monoisotopic (exact) mass is 460 g/mol. The first-order valence-corrected chi connectivity index (χ1v) is 10.9. The third-order valence-corrected chi connectivity index (χ3v) is 5.80. The van der Waals surface area contributed by atoms with Crippen LogP contribution in [0.2, 0.25) is 0 Å². The molecule has 1 aliphatic carbocycles. The molecule has 0 spiro atoms. The summed E-state index contributed by atoms with van der Waals surface area (Å²) in [6.07, 6.45) is 2.17. The van der Waals surface area contributed by atoms with Crippen molar-refractivity contribution in [3.05, 3.63) is 92.9 Å². The first kappa shape index (κ1) is 22.9. The van der Waals surface area contributed by atoms with Gasteiger partial charge in [0.2, 0.25) is 5.91 Å². The van der Waals surface area contributed by atoms with Gasteiger partial charge >= 0.3 is 0 Å². The van der Waals surface area contributed by atoms with Gasteiger partial charge in [-0.1, -0.05) is 30.3 Å². The molecule has 1 N–H and O–H groups in total. The summed E-state index contributed by atoms with van der Waals surface area (Å²) in [7, 11) is 1.70. The number of carbonyl (C=O) groups excluding carboxylic acids is 2. The number of anilines is 1. The van der Waals surface area contributed by atoms with Crippen LogP contribution < -0.4 is 10.3 Å². The fourth-order valence-electron chi connectivity index (χ4n) is 4.00. The van der Waals surface area contributed by atoms with Gasteiger partial charge in [0.15, 0.2) is 5.76 Å². The highest BCUT2D eigenvalue weighted by Crippen LogP contribution is 2.31. The lowest BCUT2D eigenvalue weighted by atomic mass is 9.93. The Morgan fingerprint density at radius 2 is 1.82 bits per heavy atom. The van der Waals surface area contributed by atoms with E-state index in [1.165, 1.54) is 12.1 Å². The minimum Gasteiger partial charge on any atom is -0.455 e. The van der Waals surface area contributed by atoms with Gasteiger partial charge in [0.25, 0.3) is 11.6 Å². The molecule has 0 unspecified atom stereocenters. The van der Waals surface area contributed by atoms with Crippen molar-refractivity contribution < 1.29 is 18.9 Å². The second-order valence-electron chi connectivity index (χ2n) is 8.10. The zero-order chi connectivity index (χ0) is 24.2. The highest BCUT2D eigenvalue weighted by molar-refractivity contribution is 6.10. The Bertz CT molecular complexity index is 1260. The van der Waals surface area contributed by atoms with Crippen LogP contribution in [0.15, 0.2) is 64.1 Å². The zero-order valence-electron chi connectivity index (χ0n) is 18.9. The number of nitrogens with one attached hydrogen (secondary N) is 1. The molecule has 1 aliphatic rings. The number of hydrogen-bond acceptors (Lipinski definition) is 6. The topological polar surface area (TPSA) is 118 Å². The number of para-hydroxylation sites is 1. The van der Waals surface area contributed by atoms with Gasteiger partial charge in [-0.2, -0.15) is 5.10 Å². The van der Waals surface area contributed by atoms with Gasteiger partial charge in [-0.15, -0.1) is 0 Å². The molecule has 1 aromatic heterocycles. The molecule has 0 saturated carbocycles. The van der Waals surface area contributed by atoms with E-state index in [0.29, 0.717) is 35.4 Å². The summed E-state index contributed by atoms with van der Waals surface area (Å²) in [5.74, 6) is 0.370. The van der Waals surface area contributed by atoms with Crippen molar-refractivity contribution in [2.75, 3.05) is 11.9 Å². The molecule has 1 heterocycles. The van der Waals surface area contributed by atoms with Gasteiger partial charge in [-0.3, -0.25) is 19.7 Å². The lowest BCUT2D eigenvalue weighted by Crippen LogP contribution is -2.26. The fourth-order valence-corrected chi connectivity index (χ4v) is 4.00. The molecule has 174 valence electrons. The number of nitro groups is 1. The molecule has 0 radical (unpaired) electrons. The minimum absolute atomic E-state index is 0.0298.